The molecule has 2 heterocycles. The zero-order valence-electron chi connectivity index (χ0n) is 8.31. The Labute approximate surface area is 110 Å². The first-order valence-electron chi connectivity index (χ1n) is 4.31. The van der Waals surface area contributed by atoms with Crippen LogP contribution in [0.1, 0.15) is 0 Å². The lowest BCUT2D eigenvalue weighted by atomic mass is 10.6. The molecule has 0 aliphatic carbocycles. The third-order valence-electron chi connectivity index (χ3n) is 1.67. The number of halogens is 1. The first-order valence-corrected chi connectivity index (χ1v) is 6.86. The van der Waals surface area contributed by atoms with Gasteiger partial charge < -0.3 is 9.46 Å². The van der Waals surface area contributed by atoms with E-state index in [4.69, 9.17) is 4.74 Å². The highest BCUT2D eigenvalue weighted by Gasteiger charge is 2.07. The van der Waals surface area contributed by atoms with Crippen molar-refractivity contribution in [2.45, 2.75) is 4.90 Å². The molecule has 0 bridgehead atoms. The van der Waals surface area contributed by atoms with Crippen molar-refractivity contribution in [1.82, 2.24) is 9.97 Å². The summed E-state index contributed by atoms with van der Waals surface area (Å²) in [5, 5.41) is 4.07. The molecule has 7 heteroatoms. The molecule has 0 atom stereocenters. The second-order valence-corrected chi connectivity index (χ2v) is 5.19. The summed E-state index contributed by atoms with van der Waals surface area (Å²) in [6.45, 7) is 0. The molecule has 4 nitrogen and oxygen atoms in total. The minimum Gasteiger partial charge on any atom is -0.478 e. The Kier molecular flexibility index (Phi) is 4.03. The van der Waals surface area contributed by atoms with E-state index >= 15 is 0 Å². The Morgan fingerprint density at radius 1 is 1.56 bits per heavy atom. The summed E-state index contributed by atoms with van der Waals surface area (Å²) in [5.74, 6) is 1.08. The van der Waals surface area contributed by atoms with E-state index in [0.29, 0.717) is 16.3 Å². The average molecular weight is 318 g/mol. The minimum absolute atomic E-state index is 0.470. The van der Waals surface area contributed by atoms with Gasteiger partial charge in [-0.1, -0.05) is 0 Å². The van der Waals surface area contributed by atoms with Gasteiger partial charge in [-0.2, -0.15) is 11.3 Å². The zero-order valence-corrected chi connectivity index (χ0v) is 11.5. The van der Waals surface area contributed by atoms with Crippen molar-refractivity contribution in [2.75, 3.05) is 11.8 Å². The van der Waals surface area contributed by atoms with Crippen LogP contribution in [0.25, 0.3) is 0 Å². The SMILES string of the molecule is COc1nc(Br)cnc1NSc1ccsc1. The van der Waals surface area contributed by atoms with E-state index < -0.39 is 0 Å². The number of ether oxygens (including phenoxy) is 1. The third kappa shape index (κ3) is 2.87. The Morgan fingerprint density at radius 3 is 3.12 bits per heavy atom. The lowest BCUT2D eigenvalue weighted by Gasteiger charge is -2.07. The molecule has 0 aliphatic rings. The Morgan fingerprint density at radius 2 is 2.44 bits per heavy atom. The highest BCUT2D eigenvalue weighted by Crippen LogP contribution is 2.27. The van der Waals surface area contributed by atoms with Gasteiger partial charge in [0.2, 0.25) is 0 Å². The van der Waals surface area contributed by atoms with E-state index in [1.807, 2.05) is 11.4 Å². The van der Waals surface area contributed by atoms with Gasteiger partial charge in [0.25, 0.3) is 5.88 Å². The second kappa shape index (κ2) is 5.51. The minimum atomic E-state index is 0.470. The van der Waals surface area contributed by atoms with E-state index in [9.17, 15) is 0 Å². The molecule has 0 aliphatic heterocycles. The van der Waals surface area contributed by atoms with Gasteiger partial charge in [-0.15, -0.1) is 0 Å². The predicted octanol–water partition coefficient (Wildman–Crippen LogP) is 3.43. The number of methoxy groups -OCH3 is 1. The van der Waals surface area contributed by atoms with Gasteiger partial charge in [-0.3, -0.25) is 0 Å². The van der Waals surface area contributed by atoms with Crippen LogP contribution in [0.2, 0.25) is 0 Å². The molecule has 2 aromatic rings. The molecule has 2 rings (SSSR count). The van der Waals surface area contributed by atoms with Crippen LogP contribution in [-0.4, -0.2) is 17.1 Å². The third-order valence-corrected chi connectivity index (χ3v) is 3.66. The summed E-state index contributed by atoms with van der Waals surface area (Å²) < 4.78 is 8.87. The molecule has 0 aromatic carbocycles. The molecule has 0 amide bonds. The number of rotatable bonds is 4. The van der Waals surface area contributed by atoms with Crippen LogP contribution in [0.3, 0.4) is 0 Å². The largest absolute Gasteiger partial charge is 0.478 e. The van der Waals surface area contributed by atoms with Gasteiger partial charge in [-0.05, 0) is 39.3 Å². The van der Waals surface area contributed by atoms with Gasteiger partial charge in [0.05, 0.1) is 13.3 Å². The maximum atomic E-state index is 5.12. The van der Waals surface area contributed by atoms with Gasteiger partial charge in [-0.25, -0.2) is 9.97 Å². The molecule has 0 radical (unpaired) electrons. The summed E-state index contributed by atoms with van der Waals surface area (Å²) in [6.07, 6.45) is 1.62. The maximum absolute atomic E-state index is 5.12. The first kappa shape index (κ1) is 11.7. The molecule has 0 unspecified atom stereocenters. The Hall–Kier alpha value is -0.790. The summed E-state index contributed by atoms with van der Waals surface area (Å²) >= 11 is 6.37. The smallest absolute Gasteiger partial charge is 0.259 e. The summed E-state index contributed by atoms with van der Waals surface area (Å²) in [5.41, 5.74) is 0. The molecule has 0 saturated carbocycles. The van der Waals surface area contributed by atoms with E-state index in [1.54, 1.807) is 24.6 Å². The number of hydrogen-bond acceptors (Lipinski definition) is 6. The molecule has 1 N–H and O–H groups in total. The molecule has 2 aromatic heterocycles. The lowest BCUT2D eigenvalue weighted by molar-refractivity contribution is 0.397. The summed E-state index contributed by atoms with van der Waals surface area (Å²) in [4.78, 5) is 9.47. The van der Waals surface area contributed by atoms with Crippen molar-refractivity contribution in [3.63, 3.8) is 0 Å². The predicted molar refractivity (Wildman–Crippen MR) is 70.1 cm³/mol. The second-order valence-electron chi connectivity index (χ2n) is 2.71. The van der Waals surface area contributed by atoms with Crippen molar-refractivity contribution in [3.05, 3.63) is 27.6 Å². The van der Waals surface area contributed by atoms with Crippen LogP contribution in [0.15, 0.2) is 32.5 Å². The van der Waals surface area contributed by atoms with Gasteiger partial charge in [0.1, 0.15) is 4.60 Å². The van der Waals surface area contributed by atoms with Crippen LogP contribution in [-0.2, 0) is 0 Å². The van der Waals surface area contributed by atoms with E-state index in [1.165, 1.54) is 11.9 Å². The van der Waals surface area contributed by atoms with Crippen LogP contribution in [0.4, 0.5) is 5.82 Å². The number of hydrogen-bond donors (Lipinski definition) is 1. The number of thiophene rings is 1. The Balaban J connectivity index is 2.09. The van der Waals surface area contributed by atoms with Crippen LogP contribution in [0.5, 0.6) is 5.88 Å². The first-order chi connectivity index (χ1) is 7.79. The van der Waals surface area contributed by atoms with E-state index in [2.05, 4.69) is 36.0 Å². The fraction of sp³-hybridized carbons (Fsp3) is 0.111. The molecular weight excluding hydrogens is 310 g/mol. The lowest BCUT2D eigenvalue weighted by Crippen LogP contribution is -1.97. The number of nitrogens with zero attached hydrogens (tertiary/aromatic N) is 2. The monoisotopic (exact) mass is 317 g/mol. The van der Waals surface area contributed by atoms with E-state index in [0.717, 1.165) is 4.90 Å². The van der Waals surface area contributed by atoms with Crippen molar-refractivity contribution in [3.8, 4) is 5.88 Å². The fourth-order valence-electron chi connectivity index (χ4n) is 0.982. The molecule has 0 fully saturated rings. The molecule has 84 valence electrons. The maximum Gasteiger partial charge on any atom is 0.259 e. The molecule has 16 heavy (non-hydrogen) atoms. The van der Waals surface area contributed by atoms with Crippen LogP contribution >= 0.6 is 39.2 Å². The number of aromatic nitrogens is 2. The van der Waals surface area contributed by atoms with Crippen molar-refractivity contribution >= 4 is 45.0 Å². The average Bonchev–Trinajstić information content (AvgIpc) is 2.80. The fourth-order valence-corrected chi connectivity index (χ4v) is 2.70. The zero-order chi connectivity index (χ0) is 11.4. The van der Waals surface area contributed by atoms with Gasteiger partial charge in [0.15, 0.2) is 5.82 Å². The summed E-state index contributed by atoms with van der Waals surface area (Å²) in [6, 6.07) is 2.03. The van der Waals surface area contributed by atoms with Crippen LogP contribution in [0, 0.1) is 0 Å². The standard InChI is InChI=1S/C9H8BrN3OS2/c1-14-9-8(11-4-7(10)12-9)13-16-6-2-3-15-5-6/h2-5H,1H3,(H,11,13). The van der Waals surface area contributed by atoms with Crippen molar-refractivity contribution in [1.29, 1.82) is 0 Å². The summed E-state index contributed by atoms with van der Waals surface area (Å²) in [7, 11) is 1.57. The molecule has 0 saturated heterocycles. The van der Waals surface area contributed by atoms with Gasteiger partial charge >= 0.3 is 0 Å². The normalized spacial score (nSPS) is 10.1. The molecular formula is C9H8BrN3OS2. The highest BCUT2D eigenvalue weighted by molar-refractivity contribution is 9.10. The van der Waals surface area contributed by atoms with E-state index in [-0.39, 0.29) is 0 Å². The van der Waals surface area contributed by atoms with Gasteiger partial charge in [0, 0.05) is 10.3 Å². The highest BCUT2D eigenvalue weighted by atomic mass is 79.9. The quantitative estimate of drug-likeness (QED) is 0.875. The van der Waals surface area contributed by atoms with Crippen LogP contribution < -0.4 is 9.46 Å². The topological polar surface area (TPSA) is 47.0 Å². The van der Waals surface area contributed by atoms with Crippen molar-refractivity contribution < 1.29 is 4.74 Å². The number of nitrogens with one attached hydrogen (secondary N) is 1. The molecule has 0 spiro atoms. The Bertz CT molecular complexity index is 464. The van der Waals surface area contributed by atoms with Crippen molar-refractivity contribution in [2.24, 2.45) is 0 Å². The number of anilines is 1.